The SMILES string of the molecule is CCc1cc(OC(=O)c2ccc(OC)cc2)n(-c2cccc(C)c2C)n1. The van der Waals surface area contributed by atoms with E-state index in [-0.39, 0.29) is 0 Å². The molecule has 0 aliphatic heterocycles. The average molecular weight is 350 g/mol. The van der Waals surface area contributed by atoms with E-state index in [0.717, 1.165) is 28.9 Å². The molecule has 0 amide bonds. The fraction of sp³-hybridized carbons (Fsp3) is 0.238. The summed E-state index contributed by atoms with van der Waals surface area (Å²) in [6, 6.07) is 14.6. The van der Waals surface area contributed by atoms with Crippen molar-refractivity contribution in [1.29, 1.82) is 0 Å². The Morgan fingerprint density at radius 2 is 1.85 bits per heavy atom. The number of ether oxygens (including phenoxy) is 2. The molecule has 0 radical (unpaired) electrons. The minimum atomic E-state index is -0.429. The Morgan fingerprint density at radius 3 is 2.50 bits per heavy atom. The van der Waals surface area contributed by atoms with Crippen LogP contribution in [0.15, 0.2) is 48.5 Å². The summed E-state index contributed by atoms with van der Waals surface area (Å²) in [5.41, 5.74) is 4.48. The third-order valence-electron chi connectivity index (χ3n) is 4.42. The van der Waals surface area contributed by atoms with Gasteiger partial charge in [0.1, 0.15) is 5.75 Å². The van der Waals surface area contributed by atoms with Crippen LogP contribution in [0.25, 0.3) is 5.69 Å². The fourth-order valence-electron chi connectivity index (χ4n) is 2.67. The number of rotatable bonds is 5. The molecule has 0 bridgehead atoms. The summed E-state index contributed by atoms with van der Waals surface area (Å²) in [7, 11) is 1.59. The minimum absolute atomic E-state index is 0.413. The van der Waals surface area contributed by atoms with Gasteiger partial charge in [0.2, 0.25) is 5.88 Å². The zero-order valence-corrected chi connectivity index (χ0v) is 15.4. The van der Waals surface area contributed by atoms with E-state index in [9.17, 15) is 4.79 Å². The number of carbonyl (C=O) groups excluding carboxylic acids is 1. The van der Waals surface area contributed by atoms with Crippen molar-refractivity contribution in [3.63, 3.8) is 0 Å². The van der Waals surface area contributed by atoms with E-state index in [4.69, 9.17) is 9.47 Å². The second-order valence-corrected chi connectivity index (χ2v) is 6.08. The second-order valence-electron chi connectivity index (χ2n) is 6.08. The molecule has 2 aromatic carbocycles. The molecule has 0 unspecified atom stereocenters. The predicted octanol–water partition coefficient (Wildman–Crippen LogP) is 4.28. The van der Waals surface area contributed by atoms with Crippen LogP contribution in [-0.4, -0.2) is 22.9 Å². The molecule has 0 atom stereocenters. The zero-order chi connectivity index (χ0) is 18.7. The Morgan fingerprint density at radius 1 is 1.12 bits per heavy atom. The third-order valence-corrected chi connectivity index (χ3v) is 4.42. The molecule has 0 saturated heterocycles. The molecular weight excluding hydrogens is 328 g/mol. The quantitative estimate of drug-likeness (QED) is 0.645. The van der Waals surface area contributed by atoms with Crippen molar-refractivity contribution in [2.75, 3.05) is 7.11 Å². The summed E-state index contributed by atoms with van der Waals surface area (Å²) in [6.45, 7) is 6.10. The van der Waals surface area contributed by atoms with E-state index in [2.05, 4.69) is 5.10 Å². The summed E-state index contributed by atoms with van der Waals surface area (Å²) in [5, 5.41) is 4.59. The second kappa shape index (κ2) is 7.44. The van der Waals surface area contributed by atoms with Crippen molar-refractivity contribution >= 4 is 5.97 Å². The largest absolute Gasteiger partial charge is 0.497 e. The van der Waals surface area contributed by atoms with Crippen LogP contribution >= 0.6 is 0 Å². The van der Waals surface area contributed by atoms with Crippen molar-refractivity contribution in [2.45, 2.75) is 27.2 Å². The number of carbonyl (C=O) groups is 1. The maximum Gasteiger partial charge on any atom is 0.344 e. The van der Waals surface area contributed by atoms with E-state index in [0.29, 0.717) is 17.2 Å². The van der Waals surface area contributed by atoms with Crippen molar-refractivity contribution in [2.24, 2.45) is 0 Å². The number of aryl methyl sites for hydroxylation is 2. The first kappa shape index (κ1) is 17.7. The number of benzene rings is 2. The lowest BCUT2D eigenvalue weighted by Crippen LogP contribution is -2.12. The van der Waals surface area contributed by atoms with Crippen LogP contribution in [0.5, 0.6) is 11.6 Å². The first-order chi connectivity index (χ1) is 12.5. The van der Waals surface area contributed by atoms with Gasteiger partial charge in [-0.1, -0.05) is 19.1 Å². The number of aromatic nitrogens is 2. The highest BCUT2D eigenvalue weighted by molar-refractivity contribution is 5.91. The number of methoxy groups -OCH3 is 1. The molecule has 0 aliphatic rings. The van der Waals surface area contributed by atoms with Gasteiger partial charge in [0.25, 0.3) is 0 Å². The summed E-state index contributed by atoms with van der Waals surface area (Å²) in [5.74, 6) is 0.674. The molecule has 3 aromatic rings. The Bertz CT molecular complexity index is 927. The molecule has 3 rings (SSSR count). The standard InChI is InChI=1S/C21H22N2O3/c1-5-17-13-20(23(22-17)19-8-6-7-14(2)15(19)3)26-21(24)16-9-11-18(25-4)12-10-16/h6-13H,5H2,1-4H3. The van der Waals surface area contributed by atoms with Crippen LogP contribution in [0.3, 0.4) is 0 Å². The maximum atomic E-state index is 12.5. The topological polar surface area (TPSA) is 53.4 Å². The highest BCUT2D eigenvalue weighted by atomic mass is 16.5. The smallest absolute Gasteiger partial charge is 0.344 e. The van der Waals surface area contributed by atoms with Crippen molar-refractivity contribution in [1.82, 2.24) is 9.78 Å². The van der Waals surface area contributed by atoms with E-state index in [1.54, 1.807) is 36.1 Å². The third kappa shape index (κ3) is 3.47. The Hall–Kier alpha value is -3.08. The van der Waals surface area contributed by atoms with Gasteiger partial charge in [-0.05, 0) is 61.7 Å². The van der Waals surface area contributed by atoms with Crippen LogP contribution in [0.2, 0.25) is 0 Å². The maximum absolute atomic E-state index is 12.5. The molecule has 134 valence electrons. The van der Waals surface area contributed by atoms with Gasteiger partial charge in [-0.15, -0.1) is 0 Å². The van der Waals surface area contributed by atoms with Crippen LogP contribution < -0.4 is 9.47 Å². The van der Waals surface area contributed by atoms with Gasteiger partial charge < -0.3 is 9.47 Å². The Labute approximate surface area is 153 Å². The fourth-order valence-corrected chi connectivity index (χ4v) is 2.67. The minimum Gasteiger partial charge on any atom is -0.497 e. The lowest BCUT2D eigenvalue weighted by Gasteiger charge is -2.12. The van der Waals surface area contributed by atoms with Crippen LogP contribution in [-0.2, 0) is 6.42 Å². The molecule has 1 heterocycles. The summed E-state index contributed by atoms with van der Waals surface area (Å²) >= 11 is 0. The Kier molecular flexibility index (Phi) is 5.07. The van der Waals surface area contributed by atoms with Gasteiger partial charge in [0.15, 0.2) is 0 Å². The van der Waals surface area contributed by atoms with Crippen LogP contribution in [0, 0.1) is 13.8 Å². The average Bonchev–Trinajstić information content (AvgIpc) is 3.06. The van der Waals surface area contributed by atoms with Crippen LogP contribution in [0.1, 0.15) is 34.1 Å². The lowest BCUT2D eigenvalue weighted by molar-refractivity contribution is 0.0723. The molecule has 5 heteroatoms. The van der Waals surface area contributed by atoms with E-state index >= 15 is 0 Å². The normalized spacial score (nSPS) is 10.6. The predicted molar refractivity (Wildman–Crippen MR) is 100 cm³/mol. The summed E-state index contributed by atoms with van der Waals surface area (Å²) < 4.78 is 12.5. The Balaban J connectivity index is 1.95. The van der Waals surface area contributed by atoms with E-state index in [1.807, 2.05) is 45.0 Å². The van der Waals surface area contributed by atoms with Crippen molar-refractivity contribution in [3.8, 4) is 17.3 Å². The van der Waals surface area contributed by atoms with Gasteiger partial charge >= 0.3 is 5.97 Å². The van der Waals surface area contributed by atoms with Gasteiger partial charge in [-0.25, -0.2) is 9.48 Å². The van der Waals surface area contributed by atoms with Crippen molar-refractivity contribution < 1.29 is 14.3 Å². The van der Waals surface area contributed by atoms with Gasteiger partial charge in [0, 0.05) is 6.07 Å². The molecule has 0 fully saturated rings. The van der Waals surface area contributed by atoms with Gasteiger partial charge in [-0.3, -0.25) is 0 Å². The summed E-state index contributed by atoms with van der Waals surface area (Å²) in [6.07, 6.45) is 0.755. The van der Waals surface area contributed by atoms with E-state index in [1.165, 1.54) is 0 Å². The first-order valence-electron chi connectivity index (χ1n) is 8.55. The molecule has 0 aliphatic carbocycles. The zero-order valence-electron chi connectivity index (χ0n) is 15.4. The molecule has 0 spiro atoms. The number of esters is 1. The molecule has 5 nitrogen and oxygen atoms in total. The number of nitrogens with zero attached hydrogens (tertiary/aromatic N) is 2. The van der Waals surface area contributed by atoms with Gasteiger partial charge in [-0.2, -0.15) is 5.10 Å². The number of hydrogen-bond acceptors (Lipinski definition) is 4. The highest BCUT2D eigenvalue weighted by Gasteiger charge is 2.17. The van der Waals surface area contributed by atoms with Crippen molar-refractivity contribution in [3.05, 3.63) is 70.9 Å². The molecule has 0 N–H and O–H groups in total. The highest BCUT2D eigenvalue weighted by Crippen LogP contribution is 2.25. The molecule has 1 aromatic heterocycles. The molecule has 26 heavy (non-hydrogen) atoms. The van der Waals surface area contributed by atoms with Gasteiger partial charge in [0.05, 0.1) is 24.1 Å². The molecule has 0 saturated carbocycles. The molecular formula is C21H22N2O3. The lowest BCUT2D eigenvalue weighted by atomic mass is 10.1. The van der Waals surface area contributed by atoms with E-state index < -0.39 is 5.97 Å². The monoisotopic (exact) mass is 350 g/mol. The number of hydrogen-bond donors (Lipinski definition) is 0. The summed E-state index contributed by atoms with van der Waals surface area (Å²) in [4.78, 5) is 12.5. The first-order valence-corrected chi connectivity index (χ1v) is 8.55. The van der Waals surface area contributed by atoms with Crippen LogP contribution in [0.4, 0.5) is 0 Å².